The molecule has 0 radical (unpaired) electrons. The Hall–Kier alpha value is -1.70. The number of ether oxygens (including phenoxy) is 1. The van der Waals surface area contributed by atoms with Gasteiger partial charge in [0.2, 0.25) is 0 Å². The molecule has 8 heteroatoms. The van der Waals surface area contributed by atoms with Crippen LogP contribution in [0.3, 0.4) is 0 Å². The van der Waals surface area contributed by atoms with E-state index in [2.05, 4.69) is 38.5 Å². The second-order valence-electron chi connectivity index (χ2n) is 5.83. The number of halogens is 2. The Kier molecular flexibility index (Phi) is 8.97. The second kappa shape index (κ2) is 11.2. The number of hydrogen-bond acceptors (Lipinski definition) is 4. The molecule has 0 aliphatic rings. The van der Waals surface area contributed by atoms with Gasteiger partial charge in [-0.05, 0) is 49.0 Å². The molecule has 5 nitrogen and oxygen atoms in total. The van der Waals surface area contributed by atoms with Crippen LogP contribution in [0.5, 0.6) is 5.75 Å². The highest BCUT2D eigenvalue weighted by Crippen LogP contribution is 2.24. The van der Waals surface area contributed by atoms with Crippen LogP contribution in [0, 0.1) is 0 Å². The van der Waals surface area contributed by atoms with Crippen molar-refractivity contribution in [3.8, 4) is 5.75 Å². The number of nitrogens with one attached hydrogen (secondary N) is 2. The molecule has 0 saturated heterocycles. The largest absolute Gasteiger partial charge is 0.493 e. The highest BCUT2D eigenvalue weighted by molar-refractivity contribution is 9.10. The van der Waals surface area contributed by atoms with Crippen molar-refractivity contribution in [3.63, 3.8) is 0 Å². The number of carbonyl (C=O) groups is 1. The van der Waals surface area contributed by atoms with E-state index >= 15 is 0 Å². The maximum atomic E-state index is 12.6. The van der Waals surface area contributed by atoms with Gasteiger partial charge in [-0.1, -0.05) is 53.7 Å². The molecule has 2 N–H and O–H groups in total. The van der Waals surface area contributed by atoms with E-state index < -0.39 is 0 Å². The van der Waals surface area contributed by atoms with E-state index in [1.54, 1.807) is 24.3 Å². The van der Waals surface area contributed by atoms with Gasteiger partial charge in [-0.3, -0.25) is 10.1 Å². The number of nitrogens with zero attached hydrogens (tertiary/aromatic N) is 1. The number of thiocarbonyl (C=S) groups is 1. The number of rotatable bonds is 8. The highest BCUT2D eigenvalue weighted by atomic mass is 79.9. The molecule has 2 aromatic rings. The van der Waals surface area contributed by atoms with Crippen LogP contribution in [0.2, 0.25) is 5.15 Å². The van der Waals surface area contributed by atoms with Gasteiger partial charge in [0, 0.05) is 4.47 Å². The lowest BCUT2D eigenvalue weighted by atomic mass is 10.2. The topological polar surface area (TPSA) is 63.2 Å². The van der Waals surface area contributed by atoms with E-state index in [0.29, 0.717) is 28.8 Å². The molecular formula is C19H21BrClN3O2S. The van der Waals surface area contributed by atoms with Crippen molar-refractivity contribution >= 4 is 56.5 Å². The van der Waals surface area contributed by atoms with Gasteiger partial charge in [-0.25, -0.2) is 4.98 Å². The summed E-state index contributed by atoms with van der Waals surface area (Å²) < 4.78 is 6.59. The van der Waals surface area contributed by atoms with E-state index in [1.165, 1.54) is 19.0 Å². The third kappa shape index (κ3) is 7.44. The SMILES string of the molecule is CCCCCCOc1ccc(Br)cc1C(=O)NC(=S)Nc1ccc(Cl)nc1. The predicted octanol–water partition coefficient (Wildman–Crippen LogP) is 5.58. The zero-order chi connectivity index (χ0) is 19.6. The molecule has 0 atom stereocenters. The predicted molar refractivity (Wildman–Crippen MR) is 117 cm³/mol. The Morgan fingerprint density at radius 3 is 2.78 bits per heavy atom. The summed E-state index contributed by atoms with van der Waals surface area (Å²) in [5, 5.41) is 6.10. The first-order chi connectivity index (χ1) is 13.0. The summed E-state index contributed by atoms with van der Waals surface area (Å²) >= 11 is 14.3. The van der Waals surface area contributed by atoms with Crippen LogP contribution in [0.4, 0.5) is 5.69 Å². The van der Waals surface area contributed by atoms with Crippen LogP contribution >= 0.6 is 39.7 Å². The minimum absolute atomic E-state index is 0.165. The molecule has 1 aromatic heterocycles. The second-order valence-corrected chi connectivity index (χ2v) is 7.54. The smallest absolute Gasteiger partial charge is 0.261 e. The van der Waals surface area contributed by atoms with Crippen molar-refractivity contribution in [3.05, 3.63) is 51.7 Å². The van der Waals surface area contributed by atoms with Crippen LogP contribution in [0.25, 0.3) is 0 Å². The Balaban J connectivity index is 1.98. The summed E-state index contributed by atoms with van der Waals surface area (Å²) in [7, 11) is 0. The number of unbranched alkanes of at least 4 members (excludes halogenated alkanes) is 3. The number of amides is 1. The molecular weight excluding hydrogens is 450 g/mol. The van der Waals surface area contributed by atoms with E-state index in [-0.39, 0.29) is 11.0 Å². The minimum atomic E-state index is -0.348. The molecule has 1 aromatic carbocycles. The molecule has 2 rings (SSSR count). The highest BCUT2D eigenvalue weighted by Gasteiger charge is 2.15. The molecule has 144 valence electrons. The lowest BCUT2D eigenvalue weighted by Crippen LogP contribution is -2.34. The Morgan fingerprint density at radius 2 is 2.07 bits per heavy atom. The summed E-state index contributed by atoms with van der Waals surface area (Å²) in [6.45, 7) is 2.73. The zero-order valence-electron chi connectivity index (χ0n) is 14.9. The monoisotopic (exact) mass is 469 g/mol. The molecule has 0 unspecified atom stereocenters. The van der Waals surface area contributed by atoms with Crippen molar-refractivity contribution in [1.29, 1.82) is 0 Å². The van der Waals surface area contributed by atoms with Crippen molar-refractivity contribution < 1.29 is 9.53 Å². The average Bonchev–Trinajstić information content (AvgIpc) is 2.64. The standard InChI is InChI=1S/C19H21BrClN3O2S/c1-2-3-4-5-10-26-16-8-6-13(20)11-15(16)18(25)24-19(27)23-14-7-9-17(21)22-12-14/h6-9,11-12H,2-5,10H2,1H3,(H2,23,24,25,27). The van der Waals surface area contributed by atoms with Gasteiger partial charge in [0.05, 0.1) is 24.1 Å². The molecule has 0 saturated carbocycles. The van der Waals surface area contributed by atoms with Gasteiger partial charge < -0.3 is 10.1 Å². The summed E-state index contributed by atoms with van der Waals surface area (Å²) in [6, 6.07) is 8.68. The van der Waals surface area contributed by atoms with Crippen LogP contribution < -0.4 is 15.4 Å². The molecule has 0 bridgehead atoms. The minimum Gasteiger partial charge on any atom is -0.493 e. The van der Waals surface area contributed by atoms with Crippen LogP contribution in [0.1, 0.15) is 43.0 Å². The van der Waals surface area contributed by atoms with Crippen LogP contribution in [-0.4, -0.2) is 22.6 Å². The van der Waals surface area contributed by atoms with Gasteiger partial charge >= 0.3 is 0 Å². The third-order valence-electron chi connectivity index (χ3n) is 3.65. The first kappa shape index (κ1) is 21.6. The van der Waals surface area contributed by atoms with E-state index in [9.17, 15) is 4.79 Å². The van der Waals surface area contributed by atoms with Gasteiger partial charge in [0.15, 0.2) is 5.11 Å². The van der Waals surface area contributed by atoms with Gasteiger partial charge in [0.25, 0.3) is 5.91 Å². The van der Waals surface area contributed by atoms with Crippen LogP contribution in [0.15, 0.2) is 41.0 Å². The quantitative estimate of drug-likeness (QED) is 0.299. The zero-order valence-corrected chi connectivity index (χ0v) is 18.1. The van der Waals surface area contributed by atoms with E-state index in [0.717, 1.165) is 17.3 Å². The molecule has 0 aliphatic carbocycles. The average molecular weight is 471 g/mol. The summed E-state index contributed by atoms with van der Waals surface area (Å²) in [6.07, 6.45) is 5.94. The van der Waals surface area contributed by atoms with E-state index in [4.69, 9.17) is 28.6 Å². The fourth-order valence-corrected chi connectivity index (χ4v) is 2.98. The first-order valence-corrected chi connectivity index (χ1v) is 10.2. The molecule has 27 heavy (non-hydrogen) atoms. The maximum absolute atomic E-state index is 12.6. The lowest BCUT2D eigenvalue weighted by Gasteiger charge is -2.13. The number of aromatic nitrogens is 1. The van der Waals surface area contributed by atoms with Gasteiger partial charge in [-0.2, -0.15) is 0 Å². The Morgan fingerprint density at radius 1 is 1.26 bits per heavy atom. The fourth-order valence-electron chi connectivity index (χ4n) is 2.30. The van der Waals surface area contributed by atoms with Crippen molar-refractivity contribution in [2.24, 2.45) is 0 Å². The molecule has 0 fully saturated rings. The Bertz CT molecular complexity index is 787. The number of pyridine rings is 1. The molecule has 1 heterocycles. The first-order valence-electron chi connectivity index (χ1n) is 8.66. The van der Waals surface area contributed by atoms with Gasteiger partial charge in [-0.15, -0.1) is 0 Å². The summed E-state index contributed by atoms with van der Waals surface area (Å²) in [5.74, 6) is 0.183. The van der Waals surface area contributed by atoms with Gasteiger partial charge in [0.1, 0.15) is 10.9 Å². The van der Waals surface area contributed by atoms with Crippen molar-refractivity contribution in [2.75, 3.05) is 11.9 Å². The number of anilines is 1. The third-order valence-corrected chi connectivity index (χ3v) is 4.57. The summed E-state index contributed by atoms with van der Waals surface area (Å²) in [5.41, 5.74) is 1.05. The maximum Gasteiger partial charge on any atom is 0.261 e. The molecule has 0 aliphatic heterocycles. The molecule has 0 spiro atoms. The fraction of sp³-hybridized carbons (Fsp3) is 0.316. The normalized spacial score (nSPS) is 10.3. The Labute approximate surface area is 178 Å². The van der Waals surface area contributed by atoms with Crippen molar-refractivity contribution in [2.45, 2.75) is 32.6 Å². The lowest BCUT2D eigenvalue weighted by molar-refractivity contribution is 0.0973. The van der Waals surface area contributed by atoms with Crippen LogP contribution in [-0.2, 0) is 0 Å². The van der Waals surface area contributed by atoms with Crippen molar-refractivity contribution in [1.82, 2.24) is 10.3 Å². The molecule has 1 amide bonds. The number of benzene rings is 1. The number of hydrogen-bond donors (Lipinski definition) is 2. The summed E-state index contributed by atoms with van der Waals surface area (Å²) in [4.78, 5) is 16.6. The number of carbonyl (C=O) groups excluding carboxylic acids is 1. The van der Waals surface area contributed by atoms with E-state index in [1.807, 2.05) is 6.07 Å².